The number of allylic oxidation sites excluding steroid dienone is 2. The van der Waals surface area contributed by atoms with Crippen LogP contribution in [0.4, 0.5) is 0 Å². The predicted octanol–water partition coefficient (Wildman–Crippen LogP) is 6.22. The number of hydrogen-bond acceptors (Lipinski definition) is 5. The molecule has 5 nitrogen and oxygen atoms in total. The molecule has 0 bridgehead atoms. The Morgan fingerprint density at radius 3 is 2.22 bits per heavy atom. The molecule has 0 heterocycles. The van der Waals surface area contributed by atoms with Gasteiger partial charge in [-0.05, 0) is 48.8 Å². The number of rotatable bonds is 11. The Morgan fingerprint density at radius 2 is 1.78 bits per heavy atom. The molecule has 0 spiro atoms. The van der Waals surface area contributed by atoms with Gasteiger partial charge in [0.15, 0.2) is 5.78 Å². The fraction of sp³-hybridized carbons (Fsp3) is 0.538. The minimum atomic E-state index is -0.429. The van der Waals surface area contributed by atoms with E-state index in [0.717, 1.165) is 28.9 Å². The zero-order valence-electron chi connectivity index (χ0n) is 21.1. The van der Waals surface area contributed by atoms with Crippen molar-refractivity contribution in [1.29, 1.82) is 0 Å². The first-order valence-corrected chi connectivity index (χ1v) is 11.8. The highest BCUT2D eigenvalue weighted by Gasteiger charge is 2.34. The van der Waals surface area contributed by atoms with Crippen LogP contribution in [0.3, 0.4) is 0 Å². The second kappa shape index (κ2) is 11.7. The van der Waals surface area contributed by atoms with E-state index in [2.05, 4.69) is 26.5 Å². The Kier molecular flexibility index (Phi) is 10.2. The predicted molar refractivity (Wildman–Crippen MR) is 134 cm³/mol. The number of hydrogen-bond donors (Lipinski definition) is 0. The number of carbonyl (C=O) groups excluding carboxylic acids is 2. The second-order valence-electron chi connectivity index (χ2n) is 8.89. The van der Waals surface area contributed by atoms with Crippen molar-refractivity contribution in [3.05, 3.63) is 51.8 Å². The third kappa shape index (κ3) is 6.48. The Hall–Kier alpha value is -2.05. The van der Waals surface area contributed by atoms with Crippen LogP contribution in [0.1, 0.15) is 65.5 Å². The van der Waals surface area contributed by atoms with E-state index >= 15 is 0 Å². The average molecular weight is 462 g/mol. The number of amides is 1. The summed E-state index contributed by atoms with van der Waals surface area (Å²) in [6, 6.07) is 6.08. The van der Waals surface area contributed by atoms with E-state index in [4.69, 9.17) is 9.57 Å². The molecule has 0 fully saturated rings. The molecule has 0 aliphatic rings. The van der Waals surface area contributed by atoms with Gasteiger partial charge in [-0.15, -0.1) is 0 Å². The zero-order chi connectivity index (χ0) is 24.7. The van der Waals surface area contributed by atoms with Crippen molar-refractivity contribution in [3.8, 4) is 5.75 Å². The molecular weight excluding hydrogens is 422 g/mol. The summed E-state index contributed by atoms with van der Waals surface area (Å²) in [6.07, 6.45) is 3.46. The van der Waals surface area contributed by atoms with Gasteiger partial charge in [-0.3, -0.25) is 14.4 Å². The Morgan fingerprint density at radius 1 is 1.19 bits per heavy atom. The number of ether oxygens (including phenoxy) is 1. The topological polar surface area (TPSA) is 55.8 Å². The number of thioether (sulfide) groups is 1. The zero-order valence-corrected chi connectivity index (χ0v) is 21.9. The molecule has 0 aliphatic heterocycles. The highest BCUT2D eigenvalue weighted by atomic mass is 32.2. The quantitative estimate of drug-likeness (QED) is 0.289. The van der Waals surface area contributed by atoms with E-state index < -0.39 is 5.41 Å². The molecule has 1 aromatic rings. The van der Waals surface area contributed by atoms with Crippen molar-refractivity contribution in [2.45, 2.75) is 66.7 Å². The molecule has 1 aromatic carbocycles. The highest BCUT2D eigenvalue weighted by molar-refractivity contribution is 8.07. The number of aryl methyl sites for hydroxylation is 1. The summed E-state index contributed by atoms with van der Waals surface area (Å²) in [4.78, 5) is 31.4. The first kappa shape index (κ1) is 28.0. The van der Waals surface area contributed by atoms with Crippen LogP contribution in [0.15, 0.2) is 40.7 Å². The fourth-order valence-electron chi connectivity index (χ4n) is 3.38. The molecule has 1 amide bonds. The molecule has 0 radical (unpaired) electrons. The van der Waals surface area contributed by atoms with Gasteiger partial charge in [-0.1, -0.05) is 71.2 Å². The van der Waals surface area contributed by atoms with E-state index in [0.29, 0.717) is 10.7 Å². The Labute approximate surface area is 198 Å². The second-order valence-corrected chi connectivity index (χ2v) is 10.0. The minimum Gasteiger partial charge on any atom is -0.486 e. The van der Waals surface area contributed by atoms with E-state index in [1.807, 2.05) is 46.8 Å². The standard InChI is InChI=1S/C26H39NO4S/c1-11-22(24(29)27(9)30-10)32-19(5)26(12-2,13-3)20-14-15-21(18(4)16-20)31-17-23(28)25(6,7)8/h11,14-16H,5,12-13,17H2,1-4,6-10H3/b22-11+. The van der Waals surface area contributed by atoms with Crippen molar-refractivity contribution >= 4 is 23.5 Å². The van der Waals surface area contributed by atoms with E-state index in [1.54, 1.807) is 13.1 Å². The monoisotopic (exact) mass is 461 g/mol. The SMILES string of the molecule is C=C(S/C(=C/C)C(=O)N(C)OC)C(CC)(CC)c1ccc(OCC(=O)C(C)(C)C)c(C)c1. The molecule has 0 saturated carbocycles. The van der Waals surface area contributed by atoms with Gasteiger partial charge in [0, 0.05) is 17.9 Å². The van der Waals surface area contributed by atoms with Crippen molar-refractivity contribution < 1.29 is 19.2 Å². The first-order valence-electron chi connectivity index (χ1n) is 11.0. The van der Waals surface area contributed by atoms with Crippen molar-refractivity contribution in [3.63, 3.8) is 0 Å². The molecule has 0 N–H and O–H groups in total. The van der Waals surface area contributed by atoms with Gasteiger partial charge in [0.25, 0.3) is 5.91 Å². The van der Waals surface area contributed by atoms with Crippen molar-refractivity contribution in [2.75, 3.05) is 20.8 Å². The lowest BCUT2D eigenvalue weighted by molar-refractivity contribution is -0.163. The van der Waals surface area contributed by atoms with Gasteiger partial charge in [-0.25, -0.2) is 5.06 Å². The van der Waals surface area contributed by atoms with Gasteiger partial charge >= 0.3 is 0 Å². The highest BCUT2D eigenvalue weighted by Crippen LogP contribution is 2.46. The van der Waals surface area contributed by atoms with Crippen LogP contribution >= 0.6 is 11.8 Å². The van der Waals surface area contributed by atoms with Crippen LogP contribution in [-0.2, 0) is 19.8 Å². The molecule has 0 saturated heterocycles. The van der Waals surface area contributed by atoms with Gasteiger partial charge in [-0.2, -0.15) is 0 Å². The lowest BCUT2D eigenvalue weighted by Gasteiger charge is -2.35. The summed E-state index contributed by atoms with van der Waals surface area (Å²) in [6.45, 7) is 18.2. The minimum absolute atomic E-state index is 0.0543. The summed E-state index contributed by atoms with van der Waals surface area (Å²) >= 11 is 1.39. The number of likely N-dealkylation sites (N-methyl/N-ethyl adjacent to an activating group) is 1. The number of Topliss-reactive ketones (excluding diaryl/α,β-unsaturated/α-hetero) is 1. The van der Waals surface area contributed by atoms with Gasteiger partial charge in [0.1, 0.15) is 12.4 Å². The number of nitrogens with zero attached hydrogens (tertiary/aromatic N) is 1. The third-order valence-electron chi connectivity index (χ3n) is 5.93. The Bertz CT molecular complexity index is 863. The van der Waals surface area contributed by atoms with E-state index in [9.17, 15) is 9.59 Å². The molecular formula is C26H39NO4S. The van der Waals surface area contributed by atoms with Crippen molar-refractivity contribution in [2.24, 2.45) is 5.41 Å². The number of carbonyl (C=O) groups is 2. The molecule has 0 aliphatic carbocycles. The molecule has 0 unspecified atom stereocenters. The van der Waals surface area contributed by atoms with Crippen molar-refractivity contribution in [1.82, 2.24) is 5.06 Å². The normalized spacial score (nSPS) is 12.5. The average Bonchev–Trinajstić information content (AvgIpc) is 2.76. The van der Waals surface area contributed by atoms with Crippen LogP contribution < -0.4 is 4.74 Å². The summed E-state index contributed by atoms with van der Waals surface area (Å²) < 4.78 is 5.82. The summed E-state index contributed by atoms with van der Waals surface area (Å²) in [5.74, 6) is 0.564. The largest absolute Gasteiger partial charge is 0.486 e. The number of hydroxylamine groups is 2. The van der Waals surface area contributed by atoms with Gasteiger partial charge in [0.05, 0.1) is 12.0 Å². The van der Waals surface area contributed by atoms with Gasteiger partial charge < -0.3 is 4.74 Å². The lowest BCUT2D eigenvalue weighted by atomic mass is 9.75. The lowest BCUT2D eigenvalue weighted by Crippen LogP contribution is -2.29. The number of benzene rings is 1. The van der Waals surface area contributed by atoms with Crippen LogP contribution in [0.2, 0.25) is 0 Å². The summed E-state index contributed by atoms with van der Waals surface area (Å²) in [5, 5.41) is 1.21. The smallest absolute Gasteiger partial charge is 0.283 e. The molecule has 0 atom stereocenters. The summed E-state index contributed by atoms with van der Waals surface area (Å²) in [7, 11) is 3.06. The van der Waals surface area contributed by atoms with Crippen LogP contribution in [0.25, 0.3) is 0 Å². The molecule has 32 heavy (non-hydrogen) atoms. The number of ketones is 1. The van der Waals surface area contributed by atoms with Crippen LogP contribution in [0, 0.1) is 12.3 Å². The molecule has 0 aromatic heterocycles. The molecule has 1 rings (SSSR count). The third-order valence-corrected chi connectivity index (χ3v) is 7.20. The molecule has 178 valence electrons. The van der Waals surface area contributed by atoms with E-state index in [-0.39, 0.29) is 23.7 Å². The summed E-state index contributed by atoms with van der Waals surface area (Å²) in [5.41, 5.74) is 1.35. The van der Waals surface area contributed by atoms with Crippen LogP contribution in [0.5, 0.6) is 5.75 Å². The Balaban J connectivity index is 3.19. The fourth-order valence-corrected chi connectivity index (χ4v) is 4.58. The maximum atomic E-state index is 12.6. The molecule has 6 heteroatoms. The maximum Gasteiger partial charge on any atom is 0.283 e. The maximum absolute atomic E-state index is 12.6. The first-order chi connectivity index (χ1) is 14.9. The van der Waals surface area contributed by atoms with Gasteiger partial charge in [0.2, 0.25) is 0 Å². The van der Waals surface area contributed by atoms with E-state index in [1.165, 1.54) is 23.9 Å². The van der Waals surface area contributed by atoms with Crippen LogP contribution in [-0.4, -0.2) is 37.5 Å².